The fourth-order valence-electron chi connectivity index (χ4n) is 4.72. The van der Waals surface area contributed by atoms with Crippen LogP contribution in [0.1, 0.15) is 55.7 Å². The first-order valence-electron chi connectivity index (χ1n) is 12.6. The molecule has 0 N–H and O–H groups in total. The van der Waals surface area contributed by atoms with E-state index in [9.17, 15) is 9.59 Å². The highest BCUT2D eigenvalue weighted by Gasteiger charge is 2.36. The summed E-state index contributed by atoms with van der Waals surface area (Å²) in [4.78, 5) is 27.6. The monoisotopic (exact) mass is 559 g/mol. The summed E-state index contributed by atoms with van der Waals surface area (Å²) < 4.78 is 12.1. The zero-order valence-corrected chi connectivity index (χ0v) is 23.3. The highest BCUT2D eigenvalue weighted by atomic mass is 35.5. The summed E-state index contributed by atoms with van der Waals surface area (Å²) in [6, 6.07) is 9.16. The quantitative estimate of drug-likeness (QED) is 0.216. The van der Waals surface area contributed by atoms with Gasteiger partial charge < -0.3 is 9.47 Å². The molecule has 1 aliphatic carbocycles. The average Bonchev–Trinajstić information content (AvgIpc) is 3.14. The minimum absolute atomic E-state index is 0.195. The van der Waals surface area contributed by atoms with Crippen LogP contribution in [0.5, 0.6) is 11.5 Å². The normalized spacial score (nSPS) is 17.5. The van der Waals surface area contributed by atoms with Gasteiger partial charge in [-0.2, -0.15) is 0 Å². The van der Waals surface area contributed by atoms with E-state index in [1.165, 1.54) is 24.2 Å². The van der Waals surface area contributed by atoms with E-state index >= 15 is 0 Å². The molecule has 0 aromatic heterocycles. The standard InChI is InChI=1S/C29H31Cl2NO4S/c1-3-8-22-13-21(16-26-28(33)32(29(34)37-26)17-19-9-6-5-7-10-19)15-25(35-4-2)27(22)36-18-20-11-12-23(30)24(31)14-20/h3,11-16,19H,1,4-10,17-18H2,2H3/b26-16+. The molecule has 2 amide bonds. The van der Waals surface area contributed by atoms with Crippen molar-refractivity contribution in [2.75, 3.05) is 13.2 Å². The molecular formula is C29H31Cl2NO4S. The molecule has 0 bridgehead atoms. The van der Waals surface area contributed by atoms with Crippen molar-refractivity contribution in [1.82, 2.24) is 4.90 Å². The Morgan fingerprint density at radius 2 is 1.86 bits per heavy atom. The zero-order valence-electron chi connectivity index (χ0n) is 20.9. The molecular weight excluding hydrogens is 529 g/mol. The smallest absolute Gasteiger partial charge is 0.293 e. The summed E-state index contributed by atoms with van der Waals surface area (Å²) in [7, 11) is 0. The predicted octanol–water partition coefficient (Wildman–Crippen LogP) is 8.32. The molecule has 1 saturated carbocycles. The van der Waals surface area contributed by atoms with E-state index in [0.717, 1.165) is 41.3 Å². The number of benzene rings is 2. The molecule has 0 radical (unpaired) electrons. The van der Waals surface area contributed by atoms with Crippen LogP contribution in [0.3, 0.4) is 0 Å². The number of carbonyl (C=O) groups excluding carboxylic acids is 2. The van der Waals surface area contributed by atoms with Crippen molar-refractivity contribution in [2.45, 2.75) is 52.1 Å². The number of imide groups is 1. The van der Waals surface area contributed by atoms with Crippen LogP contribution in [-0.4, -0.2) is 29.2 Å². The van der Waals surface area contributed by atoms with Crippen LogP contribution >= 0.6 is 35.0 Å². The first-order chi connectivity index (χ1) is 17.9. The Morgan fingerprint density at radius 1 is 1.08 bits per heavy atom. The van der Waals surface area contributed by atoms with Gasteiger partial charge in [-0.15, -0.1) is 6.58 Å². The Balaban J connectivity index is 1.58. The Bertz CT molecular complexity index is 1210. The zero-order chi connectivity index (χ0) is 26.4. The third-order valence-electron chi connectivity index (χ3n) is 6.52. The molecule has 2 aliphatic rings. The molecule has 1 saturated heterocycles. The minimum atomic E-state index is -0.219. The Hall–Kier alpha value is -2.41. The van der Waals surface area contributed by atoms with Gasteiger partial charge in [-0.25, -0.2) is 0 Å². The average molecular weight is 561 g/mol. The fraction of sp³-hybridized carbons (Fsp3) is 0.379. The number of carbonyl (C=O) groups is 2. The number of thioether (sulfide) groups is 1. The molecule has 8 heteroatoms. The summed E-state index contributed by atoms with van der Waals surface area (Å²) in [6.45, 7) is 7.01. The van der Waals surface area contributed by atoms with E-state index in [0.29, 0.717) is 51.9 Å². The number of allylic oxidation sites excluding steroid dienone is 1. The van der Waals surface area contributed by atoms with Crippen LogP contribution in [0.4, 0.5) is 4.79 Å². The van der Waals surface area contributed by atoms with E-state index in [4.69, 9.17) is 32.7 Å². The van der Waals surface area contributed by atoms with E-state index in [2.05, 4.69) is 6.58 Å². The topological polar surface area (TPSA) is 55.8 Å². The first-order valence-corrected chi connectivity index (χ1v) is 14.2. The molecule has 0 unspecified atom stereocenters. The third-order valence-corrected chi connectivity index (χ3v) is 8.17. The number of nitrogens with zero attached hydrogens (tertiary/aromatic N) is 1. The molecule has 1 heterocycles. The van der Waals surface area contributed by atoms with Gasteiger partial charge in [-0.05, 0) is 85.3 Å². The molecule has 0 atom stereocenters. The Morgan fingerprint density at radius 3 is 2.57 bits per heavy atom. The van der Waals surface area contributed by atoms with Crippen LogP contribution in [0.25, 0.3) is 6.08 Å². The van der Waals surface area contributed by atoms with E-state index in [1.807, 2.05) is 25.1 Å². The SMILES string of the molecule is C=CCc1cc(/C=C2/SC(=O)N(CC3CCCCC3)C2=O)cc(OCC)c1OCc1ccc(Cl)c(Cl)c1. The van der Waals surface area contributed by atoms with Crippen molar-refractivity contribution < 1.29 is 19.1 Å². The highest BCUT2D eigenvalue weighted by molar-refractivity contribution is 8.18. The van der Waals surface area contributed by atoms with Crippen molar-refractivity contribution in [3.8, 4) is 11.5 Å². The van der Waals surface area contributed by atoms with Crippen LogP contribution < -0.4 is 9.47 Å². The van der Waals surface area contributed by atoms with Crippen molar-refractivity contribution >= 4 is 52.2 Å². The number of halogens is 2. The van der Waals surface area contributed by atoms with Gasteiger partial charge in [0.05, 0.1) is 21.6 Å². The lowest BCUT2D eigenvalue weighted by Gasteiger charge is -2.25. The number of ether oxygens (including phenoxy) is 2. The van der Waals surface area contributed by atoms with Gasteiger partial charge in [-0.1, -0.05) is 54.6 Å². The molecule has 5 nitrogen and oxygen atoms in total. The third kappa shape index (κ3) is 6.92. The number of hydrogen-bond donors (Lipinski definition) is 0. The van der Waals surface area contributed by atoms with Crippen molar-refractivity contribution in [3.05, 3.63) is 74.6 Å². The van der Waals surface area contributed by atoms with Crippen molar-refractivity contribution in [3.63, 3.8) is 0 Å². The second-order valence-electron chi connectivity index (χ2n) is 9.27. The van der Waals surface area contributed by atoms with Gasteiger partial charge >= 0.3 is 0 Å². The van der Waals surface area contributed by atoms with E-state index in [-0.39, 0.29) is 17.8 Å². The maximum atomic E-state index is 13.1. The highest BCUT2D eigenvalue weighted by Crippen LogP contribution is 2.39. The lowest BCUT2D eigenvalue weighted by molar-refractivity contribution is -0.123. The fourth-order valence-corrected chi connectivity index (χ4v) is 5.89. The minimum Gasteiger partial charge on any atom is -0.490 e. The van der Waals surface area contributed by atoms with Crippen molar-refractivity contribution in [1.29, 1.82) is 0 Å². The van der Waals surface area contributed by atoms with Gasteiger partial charge in [0.25, 0.3) is 11.1 Å². The molecule has 37 heavy (non-hydrogen) atoms. The Kier molecular flexibility index (Phi) is 9.63. The molecule has 196 valence electrons. The van der Waals surface area contributed by atoms with Crippen LogP contribution in [0, 0.1) is 5.92 Å². The molecule has 2 aromatic rings. The maximum absolute atomic E-state index is 13.1. The summed E-state index contributed by atoms with van der Waals surface area (Å²) in [5.74, 6) is 1.35. The van der Waals surface area contributed by atoms with Gasteiger partial charge in [0.2, 0.25) is 0 Å². The largest absolute Gasteiger partial charge is 0.490 e. The van der Waals surface area contributed by atoms with Crippen molar-refractivity contribution in [2.24, 2.45) is 5.92 Å². The molecule has 0 spiro atoms. The second kappa shape index (κ2) is 12.9. The molecule has 4 rings (SSSR count). The number of amides is 2. The van der Waals surface area contributed by atoms with Gasteiger partial charge in [-0.3, -0.25) is 14.5 Å². The van der Waals surface area contributed by atoms with E-state index < -0.39 is 0 Å². The molecule has 2 fully saturated rings. The Labute approximate surface area is 232 Å². The van der Waals surface area contributed by atoms with E-state index in [1.54, 1.807) is 24.3 Å². The summed E-state index contributed by atoms with van der Waals surface area (Å²) in [5, 5.41) is 0.756. The van der Waals surface area contributed by atoms with Gasteiger partial charge in [0.1, 0.15) is 6.61 Å². The van der Waals surface area contributed by atoms with Crippen LogP contribution in [0.15, 0.2) is 47.9 Å². The second-order valence-corrected chi connectivity index (χ2v) is 11.1. The predicted molar refractivity (Wildman–Crippen MR) is 152 cm³/mol. The molecule has 1 aliphatic heterocycles. The summed E-state index contributed by atoms with van der Waals surface area (Å²) in [5.41, 5.74) is 2.51. The number of rotatable bonds is 10. The lowest BCUT2D eigenvalue weighted by Crippen LogP contribution is -2.34. The summed E-state index contributed by atoms with van der Waals surface area (Å²) in [6.07, 6.45) is 9.83. The lowest BCUT2D eigenvalue weighted by atomic mass is 9.89. The van der Waals surface area contributed by atoms with Crippen LogP contribution in [0.2, 0.25) is 10.0 Å². The van der Waals surface area contributed by atoms with Gasteiger partial charge in [0, 0.05) is 12.1 Å². The van der Waals surface area contributed by atoms with Crippen LogP contribution in [-0.2, 0) is 17.8 Å². The maximum Gasteiger partial charge on any atom is 0.293 e. The van der Waals surface area contributed by atoms with Gasteiger partial charge in [0.15, 0.2) is 11.5 Å². The number of hydrogen-bond acceptors (Lipinski definition) is 5. The summed E-state index contributed by atoms with van der Waals surface area (Å²) >= 11 is 13.2. The first kappa shape index (κ1) is 27.6. The molecule has 2 aromatic carbocycles.